The second-order valence-electron chi connectivity index (χ2n) is 4.87. The zero-order valence-corrected chi connectivity index (χ0v) is 9.13. The molecule has 0 bridgehead atoms. The lowest BCUT2D eigenvalue weighted by Gasteiger charge is -2.19. The van der Waals surface area contributed by atoms with Gasteiger partial charge in [-0.25, -0.2) is 4.68 Å². The highest BCUT2D eigenvalue weighted by Crippen LogP contribution is 2.37. The molecule has 2 unspecified atom stereocenters. The summed E-state index contributed by atoms with van der Waals surface area (Å²) in [4.78, 5) is 2.62. The molecule has 0 spiro atoms. The molecule has 0 aromatic carbocycles. The quantitative estimate of drug-likeness (QED) is 0.792. The molecule has 82 valence electrons. The first-order valence-electron chi connectivity index (χ1n) is 5.80. The molecule has 0 amide bonds. The van der Waals surface area contributed by atoms with E-state index in [1.165, 1.54) is 19.3 Å². The summed E-state index contributed by atoms with van der Waals surface area (Å²) < 4.78 is 1.98. The van der Waals surface area contributed by atoms with Crippen LogP contribution in [0.5, 0.6) is 0 Å². The third-order valence-electron chi connectivity index (χ3n) is 3.66. The van der Waals surface area contributed by atoms with Crippen LogP contribution in [0.15, 0.2) is 12.3 Å². The Hall–Kier alpha value is -1.03. The van der Waals surface area contributed by atoms with E-state index in [9.17, 15) is 0 Å². The Morgan fingerprint density at radius 2 is 2.20 bits per heavy atom. The number of aromatic nitrogens is 2. The molecule has 15 heavy (non-hydrogen) atoms. The molecular weight excluding hydrogens is 188 g/mol. The van der Waals surface area contributed by atoms with E-state index < -0.39 is 0 Å². The Balaban J connectivity index is 1.77. The van der Waals surface area contributed by atoms with E-state index in [1.807, 2.05) is 10.7 Å². The first kappa shape index (κ1) is 9.21. The third-order valence-corrected chi connectivity index (χ3v) is 3.66. The molecule has 1 aromatic heterocycles. The van der Waals surface area contributed by atoms with E-state index in [4.69, 9.17) is 5.73 Å². The van der Waals surface area contributed by atoms with Gasteiger partial charge in [0.2, 0.25) is 0 Å². The van der Waals surface area contributed by atoms with Gasteiger partial charge in [-0.1, -0.05) is 0 Å². The fourth-order valence-electron chi connectivity index (χ4n) is 2.75. The lowest BCUT2D eigenvalue weighted by molar-refractivity contribution is 0.253. The van der Waals surface area contributed by atoms with Crippen molar-refractivity contribution in [2.45, 2.75) is 44.3 Å². The van der Waals surface area contributed by atoms with Gasteiger partial charge in [-0.15, -0.1) is 0 Å². The zero-order chi connectivity index (χ0) is 10.4. The number of nitrogens with two attached hydrogens (primary N) is 1. The minimum Gasteiger partial charge on any atom is -0.384 e. The van der Waals surface area contributed by atoms with Gasteiger partial charge >= 0.3 is 0 Å². The Morgan fingerprint density at radius 3 is 2.80 bits per heavy atom. The van der Waals surface area contributed by atoms with Crippen molar-refractivity contribution in [1.29, 1.82) is 0 Å². The minimum absolute atomic E-state index is 0.482. The van der Waals surface area contributed by atoms with Gasteiger partial charge in [0.25, 0.3) is 0 Å². The van der Waals surface area contributed by atoms with E-state index in [2.05, 4.69) is 16.9 Å². The molecule has 4 nitrogen and oxygen atoms in total. The van der Waals surface area contributed by atoms with Gasteiger partial charge in [0.1, 0.15) is 5.82 Å². The molecule has 2 aliphatic rings. The lowest BCUT2D eigenvalue weighted by atomic mass is 10.2. The molecule has 2 heterocycles. The zero-order valence-electron chi connectivity index (χ0n) is 9.13. The van der Waals surface area contributed by atoms with Crippen LogP contribution in [0.25, 0.3) is 0 Å². The van der Waals surface area contributed by atoms with Crippen LogP contribution in [0.4, 0.5) is 5.82 Å². The van der Waals surface area contributed by atoms with Crippen LogP contribution in [0, 0.1) is 0 Å². The molecule has 2 fully saturated rings. The van der Waals surface area contributed by atoms with Crippen LogP contribution in [0.2, 0.25) is 0 Å². The average Bonchev–Trinajstić information content (AvgIpc) is 2.85. The largest absolute Gasteiger partial charge is 0.384 e. The number of nitrogens with zero attached hydrogens (tertiary/aromatic N) is 3. The molecule has 0 radical (unpaired) electrons. The SMILES string of the molecule is CC1CC(n2nccc2N)CN1C1CC1. The molecule has 2 atom stereocenters. The maximum absolute atomic E-state index is 5.88. The summed E-state index contributed by atoms with van der Waals surface area (Å²) in [6, 6.07) is 3.90. The van der Waals surface area contributed by atoms with Gasteiger partial charge in [0.05, 0.1) is 12.2 Å². The molecular formula is C11H18N4. The Kier molecular flexibility index (Phi) is 1.99. The highest BCUT2D eigenvalue weighted by atomic mass is 15.4. The normalized spacial score (nSPS) is 32.3. The Morgan fingerprint density at radius 1 is 1.40 bits per heavy atom. The van der Waals surface area contributed by atoms with Gasteiger partial charge < -0.3 is 5.73 Å². The summed E-state index contributed by atoms with van der Waals surface area (Å²) >= 11 is 0. The fraction of sp³-hybridized carbons (Fsp3) is 0.727. The summed E-state index contributed by atoms with van der Waals surface area (Å²) in [6.45, 7) is 3.44. The van der Waals surface area contributed by atoms with Gasteiger partial charge in [-0.2, -0.15) is 5.10 Å². The van der Waals surface area contributed by atoms with Crippen molar-refractivity contribution in [1.82, 2.24) is 14.7 Å². The molecule has 1 saturated heterocycles. The van der Waals surface area contributed by atoms with Crippen LogP contribution < -0.4 is 5.73 Å². The Bertz CT molecular complexity index is 355. The summed E-state index contributed by atoms with van der Waals surface area (Å²) in [5, 5.41) is 4.31. The Labute approximate surface area is 90.0 Å². The summed E-state index contributed by atoms with van der Waals surface area (Å²) in [6.07, 6.45) is 5.74. The van der Waals surface area contributed by atoms with Crippen LogP contribution in [0.3, 0.4) is 0 Å². The van der Waals surface area contributed by atoms with E-state index in [1.54, 1.807) is 6.20 Å². The number of anilines is 1. The number of likely N-dealkylation sites (tertiary alicyclic amines) is 1. The van der Waals surface area contributed by atoms with E-state index in [-0.39, 0.29) is 0 Å². The third kappa shape index (κ3) is 1.53. The van der Waals surface area contributed by atoms with Crippen LogP contribution in [-0.2, 0) is 0 Å². The van der Waals surface area contributed by atoms with Crippen molar-refractivity contribution in [2.75, 3.05) is 12.3 Å². The van der Waals surface area contributed by atoms with Gasteiger partial charge in [0, 0.05) is 18.6 Å². The second-order valence-corrected chi connectivity index (χ2v) is 4.87. The first-order chi connectivity index (χ1) is 7.25. The highest BCUT2D eigenvalue weighted by molar-refractivity contribution is 5.27. The van der Waals surface area contributed by atoms with Crippen molar-refractivity contribution in [3.05, 3.63) is 12.3 Å². The van der Waals surface area contributed by atoms with Crippen molar-refractivity contribution >= 4 is 5.82 Å². The van der Waals surface area contributed by atoms with Crippen molar-refractivity contribution < 1.29 is 0 Å². The maximum Gasteiger partial charge on any atom is 0.122 e. The standard InChI is InChI=1S/C11H18N4/c1-8-6-10(7-14(8)9-2-3-9)15-11(12)4-5-13-15/h4-5,8-10H,2-3,6-7,12H2,1H3. The lowest BCUT2D eigenvalue weighted by Crippen LogP contribution is -2.29. The maximum atomic E-state index is 5.88. The van der Waals surface area contributed by atoms with Gasteiger partial charge in [-0.05, 0) is 32.3 Å². The summed E-state index contributed by atoms with van der Waals surface area (Å²) in [5.74, 6) is 0.796. The fourth-order valence-corrected chi connectivity index (χ4v) is 2.75. The molecule has 1 aliphatic carbocycles. The van der Waals surface area contributed by atoms with Crippen molar-refractivity contribution in [3.63, 3.8) is 0 Å². The molecule has 1 aromatic rings. The summed E-state index contributed by atoms with van der Waals surface area (Å²) in [5.41, 5.74) is 5.88. The topological polar surface area (TPSA) is 47.1 Å². The molecule has 4 heteroatoms. The van der Waals surface area contributed by atoms with E-state index >= 15 is 0 Å². The minimum atomic E-state index is 0.482. The predicted octanol–water partition coefficient (Wildman–Crippen LogP) is 1.26. The monoisotopic (exact) mass is 206 g/mol. The van der Waals surface area contributed by atoms with Crippen LogP contribution >= 0.6 is 0 Å². The van der Waals surface area contributed by atoms with Crippen LogP contribution in [-0.4, -0.2) is 33.3 Å². The second kappa shape index (κ2) is 3.23. The number of rotatable bonds is 2. The van der Waals surface area contributed by atoms with E-state index in [0.717, 1.165) is 18.4 Å². The molecule has 2 N–H and O–H groups in total. The number of hydrogen-bond acceptors (Lipinski definition) is 3. The van der Waals surface area contributed by atoms with Crippen LogP contribution in [0.1, 0.15) is 32.2 Å². The molecule has 3 rings (SSSR count). The first-order valence-corrected chi connectivity index (χ1v) is 5.80. The van der Waals surface area contributed by atoms with Gasteiger partial charge in [-0.3, -0.25) is 4.90 Å². The number of hydrogen-bond donors (Lipinski definition) is 1. The molecule has 1 saturated carbocycles. The molecule has 1 aliphatic heterocycles. The highest BCUT2D eigenvalue weighted by Gasteiger charge is 2.39. The van der Waals surface area contributed by atoms with Crippen molar-refractivity contribution in [2.24, 2.45) is 0 Å². The summed E-state index contributed by atoms with van der Waals surface area (Å²) in [7, 11) is 0. The number of nitrogen functional groups attached to an aromatic ring is 1. The predicted molar refractivity (Wildman–Crippen MR) is 59.5 cm³/mol. The van der Waals surface area contributed by atoms with E-state index in [0.29, 0.717) is 12.1 Å². The smallest absolute Gasteiger partial charge is 0.122 e. The average molecular weight is 206 g/mol. The van der Waals surface area contributed by atoms with Crippen molar-refractivity contribution in [3.8, 4) is 0 Å². The van der Waals surface area contributed by atoms with Gasteiger partial charge in [0.15, 0.2) is 0 Å².